The van der Waals surface area contributed by atoms with Gasteiger partial charge in [0.05, 0.1) is 25.5 Å². The zero-order valence-electron chi connectivity index (χ0n) is 18.6. The largest absolute Gasteiger partial charge is 0.497 e. The number of carboxylic acids is 1. The van der Waals surface area contributed by atoms with Crippen molar-refractivity contribution in [1.82, 2.24) is 0 Å². The van der Waals surface area contributed by atoms with E-state index in [4.69, 9.17) is 9.47 Å². The predicted octanol–water partition coefficient (Wildman–Crippen LogP) is 4.23. The fraction of sp³-hybridized carbons (Fsp3) is 0.208. The molecule has 0 spiro atoms. The Morgan fingerprint density at radius 1 is 1.00 bits per heavy atom. The van der Waals surface area contributed by atoms with Crippen LogP contribution in [0.15, 0.2) is 71.6 Å². The second-order valence-corrected chi connectivity index (χ2v) is 8.81. The van der Waals surface area contributed by atoms with Gasteiger partial charge in [0.25, 0.3) is 10.0 Å². The van der Waals surface area contributed by atoms with Gasteiger partial charge in [-0.15, -0.1) is 0 Å². The van der Waals surface area contributed by atoms with Crippen molar-refractivity contribution in [1.29, 1.82) is 0 Å². The normalized spacial score (nSPS) is 11.0. The minimum atomic E-state index is -4.08. The van der Waals surface area contributed by atoms with Crippen molar-refractivity contribution in [2.75, 3.05) is 30.4 Å². The number of rotatable bonds is 10. The molecule has 0 bridgehead atoms. The van der Waals surface area contributed by atoms with Gasteiger partial charge in [0.15, 0.2) is 0 Å². The highest BCUT2D eigenvalue weighted by atomic mass is 32.2. The van der Waals surface area contributed by atoms with Gasteiger partial charge in [0.2, 0.25) is 0 Å². The highest BCUT2D eigenvalue weighted by Crippen LogP contribution is 2.31. The van der Waals surface area contributed by atoms with Crippen LogP contribution in [0.3, 0.4) is 0 Å². The van der Waals surface area contributed by atoms with Gasteiger partial charge in [-0.05, 0) is 42.8 Å². The zero-order chi connectivity index (χ0) is 24.0. The van der Waals surface area contributed by atoms with Gasteiger partial charge in [-0.1, -0.05) is 30.3 Å². The smallest absolute Gasteiger partial charge is 0.337 e. The van der Waals surface area contributed by atoms with Crippen molar-refractivity contribution in [2.24, 2.45) is 0 Å². The number of sulfonamides is 1. The summed E-state index contributed by atoms with van der Waals surface area (Å²) < 4.78 is 38.8. The van der Waals surface area contributed by atoms with Crippen LogP contribution in [-0.2, 0) is 16.6 Å². The Bertz CT molecular complexity index is 1230. The number of nitrogens with zero attached hydrogens (tertiary/aromatic N) is 1. The lowest BCUT2D eigenvalue weighted by Crippen LogP contribution is -2.24. The Balaban J connectivity index is 1.96. The summed E-state index contributed by atoms with van der Waals surface area (Å²) in [6.45, 7) is 3.02. The molecule has 9 heteroatoms. The molecule has 0 aliphatic carbocycles. The first-order chi connectivity index (χ1) is 15.8. The van der Waals surface area contributed by atoms with Crippen LogP contribution < -0.4 is 19.1 Å². The lowest BCUT2D eigenvalue weighted by Gasteiger charge is -2.25. The number of hydrogen-bond acceptors (Lipinski definition) is 6. The molecule has 3 rings (SSSR count). The molecule has 0 atom stereocenters. The second-order valence-electron chi connectivity index (χ2n) is 7.16. The summed E-state index contributed by atoms with van der Waals surface area (Å²) in [5.41, 5.74) is 1.64. The summed E-state index contributed by atoms with van der Waals surface area (Å²) >= 11 is 0. The van der Waals surface area contributed by atoms with Crippen LogP contribution in [0.25, 0.3) is 0 Å². The lowest BCUT2D eigenvalue weighted by molar-refractivity contribution is 0.0697. The van der Waals surface area contributed by atoms with Crippen LogP contribution in [0.5, 0.6) is 11.5 Å². The van der Waals surface area contributed by atoms with Gasteiger partial charge in [0, 0.05) is 24.8 Å². The number of benzene rings is 3. The molecule has 0 fully saturated rings. The van der Waals surface area contributed by atoms with Crippen LogP contribution in [0.4, 0.5) is 11.4 Å². The monoisotopic (exact) mass is 470 g/mol. The zero-order valence-corrected chi connectivity index (χ0v) is 19.4. The van der Waals surface area contributed by atoms with Crippen molar-refractivity contribution in [2.45, 2.75) is 18.4 Å². The molecule has 33 heavy (non-hydrogen) atoms. The Morgan fingerprint density at radius 2 is 1.73 bits per heavy atom. The van der Waals surface area contributed by atoms with E-state index in [9.17, 15) is 18.3 Å². The molecule has 0 aromatic heterocycles. The Kier molecular flexibility index (Phi) is 7.44. The van der Waals surface area contributed by atoms with Crippen molar-refractivity contribution >= 4 is 27.4 Å². The Labute approximate surface area is 193 Å². The summed E-state index contributed by atoms with van der Waals surface area (Å²) in [7, 11) is -1.29. The molecule has 0 unspecified atom stereocenters. The molecule has 0 saturated heterocycles. The highest BCUT2D eigenvalue weighted by Gasteiger charge is 2.23. The fourth-order valence-corrected chi connectivity index (χ4v) is 4.66. The number of carboxylic acid groups (broad SMARTS) is 1. The third kappa shape index (κ3) is 5.56. The van der Waals surface area contributed by atoms with Gasteiger partial charge in [-0.3, -0.25) is 4.72 Å². The quantitative estimate of drug-likeness (QED) is 0.457. The fourth-order valence-electron chi connectivity index (χ4n) is 3.42. The molecular formula is C24H26N2O6S. The van der Waals surface area contributed by atoms with Crippen molar-refractivity contribution in [3.05, 3.63) is 77.9 Å². The average Bonchev–Trinajstić information content (AvgIpc) is 2.82. The third-order valence-electron chi connectivity index (χ3n) is 5.08. The van der Waals surface area contributed by atoms with Crippen molar-refractivity contribution in [3.8, 4) is 11.5 Å². The Morgan fingerprint density at radius 3 is 2.33 bits per heavy atom. The maximum absolute atomic E-state index is 13.0. The van der Waals surface area contributed by atoms with Gasteiger partial charge < -0.3 is 19.5 Å². The number of ether oxygens (including phenoxy) is 2. The van der Waals surface area contributed by atoms with Crippen LogP contribution in [0.1, 0.15) is 22.8 Å². The van der Waals surface area contributed by atoms with Crippen LogP contribution in [0, 0.1) is 0 Å². The topological polar surface area (TPSA) is 105 Å². The molecule has 0 radical (unpaired) electrons. The minimum absolute atomic E-state index is 0.00871. The number of nitrogens with one attached hydrogen (secondary N) is 1. The molecule has 0 amide bonds. The van der Waals surface area contributed by atoms with Gasteiger partial charge >= 0.3 is 5.97 Å². The maximum atomic E-state index is 13.0. The molecule has 174 valence electrons. The first-order valence-corrected chi connectivity index (χ1v) is 11.7. The molecule has 0 saturated carbocycles. The van der Waals surface area contributed by atoms with E-state index in [1.165, 1.54) is 32.4 Å². The molecular weight excluding hydrogens is 444 g/mol. The standard InChI is InChI=1S/C24H26N2O6S/c1-4-26(16-17-8-6-5-7-9-17)21-12-10-18(14-20(21)24(27)28)25-33(29,30)23-15-19(31-2)11-13-22(23)32-3/h5-15,25H,4,16H2,1-3H3,(H,27,28). The molecule has 0 aliphatic rings. The highest BCUT2D eigenvalue weighted by molar-refractivity contribution is 7.92. The summed E-state index contributed by atoms with van der Waals surface area (Å²) in [5, 5.41) is 9.83. The van der Waals surface area contributed by atoms with E-state index < -0.39 is 16.0 Å². The number of aromatic carboxylic acids is 1. The SMILES string of the molecule is CCN(Cc1ccccc1)c1ccc(NS(=O)(=O)c2cc(OC)ccc2OC)cc1C(=O)O. The summed E-state index contributed by atoms with van der Waals surface area (Å²) in [5.74, 6) is -0.674. The Hall–Kier alpha value is -3.72. The molecule has 3 aromatic rings. The number of hydrogen-bond donors (Lipinski definition) is 2. The van der Waals surface area contributed by atoms with E-state index in [2.05, 4.69) is 4.72 Å². The second kappa shape index (κ2) is 10.3. The van der Waals surface area contributed by atoms with E-state index in [0.717, 1.165) is 5.56 Å². The van der Waals surface area contributed by atoms with Gasteiger partial charge in [-0.2, -0.15) is 0 Å². The number of methoxy groups -OCH3 is 2. The predicted molar refractivity (Wildman–Crippen MR) is 127 cm³/mol. The molecule has 0 aliphatic heterocycles. The number of carbonyl (C=O) groups is 1. The van der Waals surface area contributed by atoms with Crippen LogP contribution >= 0.6 is 0 Å². The molecule has 3 aromatic carbocycles. The van der Waals surface area contributed by atoms with Gasteiger partial charge in [0.1, 0.15) is 16.4 Å². The first kappa shape index (κ1) is 23.9. The molecule has 2 N–H and O–H groups in total. The summed E-state index contributed by atoms with van der Waals surface area (Å²) in [4.78, 5) is 13.8. The first-order valence-electron chi connectivity index (χ1n) is 10.2. The van der Waals surface area contributed by atoms with Crippen molar-refractivity contribution < 1.29 is 27.8 Å². The minimum Gasteiger partial charge on any atom is -0.497 e. The van der Waals surface area contributed by atoms with Crippen LogP contribution in [-0.4, -0.2) is 40.3 Å². The summed E-state index contributed by atoms with van der Waals surface area (Å²) in [6.07, 6.45) is 0. The lowest BCUT2D eigenvalue weighted by atomic mass is 10.1. The molecule has 8 nitrogen and oxygen atoms in total. The molecule has 0 heterocycles. The van der Waals surface area contributed by atoms with E-state index in [-0.39, 0.29) is 21.9 Å². The van der Waals surface area contributed by atoms with Crippen LogP contribution in [0.2, 0.25) is 0 Å². The van der Waals surface area contributed by atoms with Gasteiger partial charge in [-0.25, -0.2) is 13.2 Å². The van der Waals surface area contributed by atoms with E-state index in [1.54, 1.807) is 18.2 Å². The average molecular weight is 471 g/mol. The van der Waals surface area contributed by atoms with E-state index in [0.29, 0.717) is 24.5 Å². The number of anilines is 2. The maximum Gasteiger partial charge on any atom is 0.337 e. The van der Waals surface area contributed by atoms with E-state index in [1.807, 2.05) is 42.2 Å². The summed E-state index contributed by atoms with van der Waals surface area (Å²) in [6, 6.07) is 18.6. The van der Waals surface area contributed by atoms with Crippen molar-refractivity contribution in [3.63, 3.8) is 0 Å². The third-order valence-corrected chi connectivity index (χ3v) is 6.48. The van der Waals surface area contributed by atoms with E-state index >= 15 is 0 Å².